The van der Waals surface area contributed by atoms with Crippen LogP contribution >= 0.6 is 11.8 Å². The van der Waals surface area contributed by atoms with Crippen molar-refractivity contribution in [1.82, 2.24) is 0 Å². The van der Waals surface area contributed by atoms with Gasteiger partial charge in [-0.25, -0.2) is 0 Å². The fourth-order valence-electron chi connectivity index (χ4n) is 0.957. The van der Waals surface area contributed by atoms with E-state index in [1.807, 2.05) is 11.8 Å². The second kappa shape index (κ2) is 2.90. The van der Waals surface area contributed by atoms with E-state index in [9.17, 15) is 0 Å². The SMILES string of the molecule is COCC1(CN)CSC1. The lowest BCUT2D eigenvalue weighted by molar-refractivity contribution is 0.109. The largest absolute Gasteiger partial charge is 0.384 e. The Hall–Kier alpha value is 0.270. The van der Waals surface area contributed by atoms with Crippen LogP contribution in [0.3, 0.4) is 0 Å². The number of hydrogen-bond acceptors (Lipinski definition) is 3. The summed E-state index contributed by atoms with van der Waals surface area (Å²) in [5.74, 6) is 2.36. The van der Waals surface area contributed by atoms with E-state index in [0.717, 1.165) is 13.2 Å². The van der Waals surface area contributed by atoms with Gasteiger partial charge in [0.05, 0.1) is 6.61 Å². The average molecular weight is 147 g/mol. The zero-order chi connectivity index (χ0) is 6.74. The Kier molecular flexibility index (Phi) is 2.38. The molecule has 3 heteroatoms. The summed E-state index contributed by atoms with van der Waals surface area (Å²) in [5.41, 5.74) is 5.89. The third-order valence-electron chi connectivity index (χ3n) is 1.70. The zero-order valence-electron chi connectivity index (χ0n) is 5.72. The van der Waals surface area contributed by atoms with Gasteiger partial charge in [0.25, 0.3) is 0 Å². The van der Waals surface area contributed by atoms with Crippen LogP contribution in [0, 0.1) is 5.41 Å². The molecule has 0 spiro atoms. The Balaban J connectivity index is 2.28. The molecule has 1 saturated heterocycles. The zero-order valence-corrected chi connectivity index (χ0v) is 6.54. The van der Waals surface area contributed by atoms with Crippen LogP contribution in [0.5, 0.6) is 0 Å². The monoisotopic (exact) mass is 147 g/mol. The van der Waals surface area contributed by atoms with Crippen LogP contribution in [0.15, 0.2) is 0 Å². The Morgan fingerprint density at radius 3 is 2.44 bits per heavy atom. The molecule has 0 radical (unpaired) electrons. The van der Waals surface area contributed by atoms with E-state index in [1.165, 1.54) is 11.5 Å². The molecule has 9 heavy (non-hydrogen) atoms. The first-order chi connectivity index (χ1) is 4.33. The van der Waals surface area contributed by atoms with Gasteiger partial charge in [0, 0.05) is 30.6 Å². The molecule has 0 aromatic carbocycles. The van der Waals surface area contributed by atoms with Gasteiger partial charge in [0.2, 0.25) is 0 Å². The van der Waals surface area contributed by atoms with Crippen LogP contribution in [0.4, 0.5) is 0 Å². The molecule has 1 aliphatic heterocycles. The summed E-state index contributed by atoms with van der Waals surface area (Å²) in [4.78, 5) is 0. The van der Waals surface area contributed by atoms with Crippen molar-refractivity contribution in [3.63, 3.8) is 0 Å². The number of methoxy groups -OCH3 is 1. The van der Waals surface area contributed by atoms with E-state index in [-0.39, 0.29) is 0 Å². The summed E-state index contributed by atoms with van der Waals surface area (Å²) in [6, 6.07) is 0. The molecule has 1 aliphatic rings. The van der Waals surface area contributed by atoms with E-state index in [2.05, 4.69) is 0 Å². The van der Waals surface area contributed by atoms with Crippen molar-refractivity contribution in [3.05, 3.63) is 0 Å². The molecular formula is C6H13NOS. The summed E-state index contributed by atoms with van der Waals surface area (Å²) in [5, 5.41) is 0. The van der Waals surface area contributed by atoms with E-state index in [0.29, 0.717) is 5.41 Å². The van der Waals surface area contributed by atoms with E-state index < -0.39 is 0 Å². The molecule has 1 rings (SSSR count). The molecule has 2 N–H and O–H groups in total. The molecule has 0 amide bonds. The third-order valence-corrected chi connectivity index (χ3v) is 3.33. The first kappa shape index (κ1) is 7.38. The van der Waals surface area contributed by atoms with Crippen molar-refractivity contribution in [1.29, 1.82) is 0 Å². The molecular weight excluding hydrogens is 134 g/mol. The lowest BCUT2D eigenvalue weighted by Crippen LogP contribution is -2.46. The topological polar surface area (TPSA) is 35.2 Å². The number of hydrogen-bond donors (Lipinski definition) is 1. The highest BCUT2D eigenvalue weighted by Gasteiger charge is 2.36. The maximum atomic E-state index is 5.56. The van der Waals surface area contributed by atoms with Gasteiger partial charge in [-0.3, -0.25) is 0 Å². The Labute approximate surface area is 60.1 Å². The van der Waals surface area contributed by atoms with E-state index in [1.54, 1.807) is 7.11 Å². The van der Waals surface area contributed by atoms with Crippen molar-refractivity contribution >= 4 is 11.8 Å². The normalized spacial score (nSPS) is 23.3. The molecule has 0 aliphatic carbocycles. The summed E-state index contributed by atoms with van der Waals surface area (Å²) >= 11 is 1.95. The van der Waals surface area contributed by atoms with E-state index >= 15 is 0 Å². The highest BCUT2D eigenvalue weighted by Crippen LogP contribution is 2.36. The van der Waals surface area contributed by atoms with Crippen molar-refractivity contribution < 1.29 is 4.74 Å². The fourth-order valence-corrected chi connectivity index (χ4v) is 2.14. The molecule has 2 nitrogen and oxygen atoms in total. The van der Waals surface area contributed by atoms with Crippen LogP contribution in [0.1, 0.15) is 0 Å². The van der Waals surface area contributed by atoms with Crippen molar-refractivity contribution in [2.24, 2.45) is 11.1 Å². The summed E-state index contributed by atoms with van der Waals surface area (Å²) in [6.07, 6.45) is 0. The maximum absolute atomic E-state index is 5.56. The fraction of sp³-hybridized carbons (Fsp3) is 1.00. The Morgan fingerprint density at radius 1 is 1.67 bits per heavy atom. The second-order valence-electron chi connectivity index (χ2n) is 2.63. The van der Waals surface area contributed by atoms with Gasteiger partial charge in [-0.2, -0.15) is 11.8 Å². The molecule has 1 fully saturated rings. The van der Waals surface area contributed by atoms with Gasteiger partial charge in [-0.15, -0.1) is 0 Å². The highest BCUT2D eigenvalue weighted by atomic mass is 32.2. The molecule has 54 valence electrons. The standard InChI is InChI=1S/C6H13NOS/c1-8-3-6(2-7)4-9-5-6/h2-5,7H2,1H3. The Bertz CT molecular complexity index is 87.5. The number of nitrogens with two attached hydrogens (primary N) is 1. The lowest BCUT2D eigenvalue weighted by Gasteiger charge is -2.39. The maximum Gasteiger partial charge on any atom is 0.0546 e. The van der Waals surface area contributed by atoms with Crippen LogP contribution < -0.4 is 5.73 Å². The third kappa shape index (κ3) is 1.39. The summed E-state index contributed by atoms with van der Waals surface area (Å²) in [7, 11) is 1.74. The minimum atomic E-state index is 0.333. The minimum Gasteiger partial charge on any atom is -0.384 e. The van der Waals surface area contributed by atoms with Gasteiger partial charge in [0.15, 0.2) is 0 Å². The number of rotatable bonds is 3. The van der Waals surface area contributed by atoms with Crippen LogP contribution in [0.2, 0.25) is 0 Å². The molecule has 0 aromatic rings. The van der Waals surface area contributed by atoms with Crippen molar-refractivity contribution in [3.8, 4) is 0 Å². The lowest BCUT2D eigenvalue weighted by atomic mass is 9.93. The van der Waals surface area contributed by atoms with Gasteiger partial charge in [-0.05, 0) is 0 Å². The number of ether oxygens (including phenoxy) is 1. The summed E-state index contributed by atoms with van der Waals surface area (Å²) < 4.78 is 5.05. The average Bonchev–Trinajstić information content (AvgIpc) is 1.79. The van der Waals surface area contributed by atoms with Gasteiger partial charge in [-0.1, -0.05) is 0 Å². The van der Waals surface area contributed by atoms with Crippen LogP contribution in [-0.4, -0.2) is 31.8 Å². The van der Waals surface area contributed by atoms with Crippen LogP contribution in [-0.2, 0) is 4.74 Å². The van der Waals surface area contributed by atoms with Crippen molar-refractivity contribution in [2.75, 3.05) is 31.8 Å². The van der Waals surface area contributed by atoms with Crippen LogP contribution in [0.25, 0.3) is 0 Å². The second-order valence-corrected chi connectivity index (χ2v) is 3.62. The molecule has 0 atom stereocenters. The predicted octanol–water partition coefficient (Wildman–Crippen LogP) is 0.325. The molecule has 0 unspecified atom stereocenters. The van der Waals surface area contributed by atoms with E-state index in [4.69, 9.17) is 10.5 Å². The first-order valence-corrected chi connectivity index (χ1v) is 4.25. The minimum absolute atomic E-state index is 0.333. The Morgan fingerprint density at radius 2 is 2.33 bits per heavy atom. The summed E-state index contributed by atoms with van der Waals surface area (Å²) in [6.45, 7) is 1.60. The van der Waals surface area contributed by atoms with Gasteiger partial charge in [0.1, 0.15) is 0 Å². The quantitative estimate of drug-likeness (QED) is 0.624. The van der Waals surface area contributed by atoms with Crippen molar-refractivity contribution in [2.45, 2.75) is 0 Å². The smallest absolute Gasteiger partial charge is 0.0546 e. The molecule has 1 heterocycles. The highest BCUT2D eigenvalue weighted by molar-refractivity contribution is 8.00. The molecule has 0 aromatic heterocycles. The number of thioether (sulfide) groups is 1. The van der Waals surface area contributed by atoms with Gasteiger partial charge < -0.3 is 10.5 Å². The molecule has 0 saturated carbocycles. The van der Waals surface area contributed by atoms with Gasteiger partial charge >= 0.3 is 0 Å². The predicted molar refractivity (Wildman–Crippen MR) is 40.7 cm³/mol. The molecule has 0 bridgehead atoms. The first-order valence-electron chi connectivity index (χ1n) is 3.10.